The van der Waals surface area contributed by atoms with Crippen LogP contribution in [-0.4, -0.2) is 18.9 Å². The minimum Gasteiger partial charge on any atom is -0.497 e. The largest absolute Gasteiger partial charge is 0.497 e. The van der Waals surface area contributed by atoms with Crippen molar-refractivity contribution in [2.75, 3.05) is 12.4 Å². The minimum atomic E-state index is -0.526. The lowest BCUT2D eigenvalue weighted by Crippen LogP contribution is -2.21. The van der Waals surface area contributed by atoms with Crippen LogP contribution in [0.2, 0.25) is 0 Å². The van der Waals surface area contributed by atoms with E-state index in [0.717, 1.165) is 5.39 Å². The van der Waals surface area contributed by atoms with Gasteiger partial charge in [-0.05, 0) is 60.7 Å². The van der Waals surface area contributed by atoms with E-state index in [9.17, 15) is 9.59 Å². The van der Waals surface area contributed by atoms with Crippen LogP contribution in [0.3, 0.4) is 0 Å². The summed E-state index contributed by atoms with van der Waals surface area (Å²) in [5.41, 5.74) is 7.79. The summed E-state index contributed by atoms with van der Waals surface area (Å²) in [6.45, 7) is 0. The molecule has 0 aliphatic carbocycles. The van der Waals surface area contributed by atoms with E-state index in [1.165, 1.54) is 0 Å². The van der Waals surface area contributed by atoms with Crippen LogP contribution in [-0.2, 0) is 0 Å². The van der Waals surface area contributed by atoms with Crippen LogP contribution in [0.15, 0.2) is 88.3 Å². The Bertz CT molecular complexity index is 1320. The van der Waals surface area contributed by atoms with E-state index in [1.54, 1.807) is 67.8 Å². The molecule has 0 unspecified atom stereocenters. The van der Waals surface area contributed by atoms with Crippen molar-refractivity contribution in [3.05, 3.63) is 95.5 Å². The molecule has 31 heavy (non-hydrogen) atoms. The molecule has 2 amide bonds. The molecule has 4 aromatic rings. The Balaban J connectivity index is 1.77. The number of nitrogens with zero attached hydrogens (tertiary/aromatic N) is 1. The first kappa shape index (κ1) is 19.9. The summed E-state index contributed by atoms with van der Waals surface area (Å²) < 4.78 is 11.1. The van der Waals surface area contributed by atoms with Crippen LogP contribution in [0.4, 0.5) is 11.4 Å². The second kappa shape index (κ2) is 8.54. The summed E-state index contributed by atoms with van der Waals surface area (Å²) in [4.78, 5) is 28.8. The first-order valence-electron chi connectivity index (χ1n) is 9.46. The lowest BCUT2D eigenvalue weighted by atomic mass is 10.1. The number of nitrogens with one attached hydrogen (secondary N) is 1. The second-order valence-electron chi connectivity index (χ2n) is 6.71. The van der Waals surface area contributed by atoms with E-state index in [2.05, 4.69) is 10.3 Å². The van der Waals surface area contributed by atoms with E-state index in [4.69, 9.17) is 14.9 Å². The number of amides is 2. The normalized spacial score (nSPS) is 11.3. The highest BCUT2D eigenvalue weighted by Crippen LogP contribution is 2.18. The Morgan fingerprint density at radius 3 is 2.35 bits per heavy atom. The second-order valence-corrected chi connectivity index (χ2v) is 6.71. The highest BCUT2D eigenvalue weighted by molar-refractivity contribution is 6.05. The summed E-state index contributed by atoms with van der Waals surface area (Å²) in [5.74, 6) is -0.206. The Morgan fingerprint density at radius 1 is 0.968 bits per heavy atom. The van der Waals surface area contributed by atoms with E-state index >= 15 is 0 Å². The van der Waals surface area contributed by atoms with Gasteiger partial charge in [0, 0.05) is 16.6 Å². The summed E-state index contributed by atoms with van der Waals surface area (Å²) in [6.07, 6.45) is 0. The molecule has 0 radical (unpaired) electrons. The van der Waals surface area contributed by atoms with Gasteiger partial charge in [0.1, 0.15) is 16.9 Å². The van der Waals surface area contributed by atoms with Gasteiger partial charge in [0.2, 0.25) is 11.5 Å². The SMILES string of the molecule is COc1ccc(NC(=O)c2cc3ccccc3oc2=Nc2ccc(C(N)=O)cc2)cc1. The number of carbonyl (C=O) groups excluding carboxylic acids is 2. The topological polar surface area (TPSA) is 107 Å². The Kier molecular flexibility index (Phi) is 5.49. The number of nitrogens with two attached hydrogens (primary N) is 1. The van der Waals surface area contributed by atoms with Gasteiger partial charge in [-0.2, -0.15) is 0 Å². The zero-order valence-electron chi connectivity index (χ0n) is 16.7. The summed E-state index contributed by atoms with van der Waals surface area (Å²) >= 11 is 0. The number of anilines is 1. The molecule has 7 nitrogen and oxygen atoms in total. The average Bonchev–Trinajstić information content (AvgIpc) is 2.79. The predicted octanol–water partition coefficient (Wildman–Crippen LogP) is 4.03. The van der Waals surface area contributed by atoms with Gasteiger partial charge >= 0.3 is 0 Å². The predicted molar refractivity (Wildman–Crippen MR) is 117 cm³/mol. The van der Waals surface area contributed by atoms with Crippen molar-refractivity contribution in [2.45, 2.75) is 0 Å². The van der Waals surface area contributed by atoms with Gasteiger partial charge in [-0.3, -0.25) is 9.59 Å². The molecule has 0 fully saturated rings. The smallest absolute Gasteiger partial charge is 0.261 e. The van der Waals surface area contributed by atoms with Gasteiger partial charge in [-0.25, -0.2) is 4.99 Å². The third kappa shape index (κ3) is 4.45. The highest BCUT2D eigenvalue weighted by Gasteiger charge is 2.13. The highest BCUT2D eigenvalue weighted by atomic mass is 16.5. The van der Waals surface area contributed by atoms with E-state index in [0.29, 0.717) is 28.3 Å². The van der Waals surface area contributed by atoms with E-state index < -0.39 is 5.91 Å². The third-order valence-corrected chi connectivity index (χ3v) is 4.63. The van der Waals surface area contributed by atoms with Gasteiger partial charge in [0.05, 0.1) is 12.8 Å². The first-order valence-corrected chi connectivity index (χ1v) is 9.46. The van der Waals surface area contributed by atoms with Crippen molar-refractivity contribution in [2.24, 2.45) is 10.7 Å². The fourth-order valence-corrected chi connectivity index (χ4v) is 3.01. The maximum atomic E-state index is 13.0. The molecule has 4 rings (SSSR count). The fraction of sp³-hybridized carbons (Fsp3) is 0.0417. The van der Waals surface area contributed by atoms with Crippen LogP contribution in [0.5, 0.6) is 5.75 Å². The van der Waals surface area contributed by atoms with Crippen LogP contribution in [0, 0.1) is 0 Å². The van der Waals surface area contributed by atoms with Crippen LogP contribution < -0.4 is 21.3 Å². The number of para-hydroxylation sites is 1. The molecule has 7 heteroatoms. The maximum Gasteiger partial charge on any atom is 0.261 e. The molecule has 0 bridgehead atoms. The molecule has 1 aromatic heterocycles. The number of fused-ring (bicyclic) bond motifs is 1. The van der Waals surface area contributed by atoms with Crippen molar-refractivity contribution in [3.63, 3.8) is 0 Å². The molecule has 0 aliphatic heterocycles. The third-order valence-electron chi connectivity index (χ3n) is 4.63. The van der Waals surface area contributed by atoms with Crippen LogP contribution >= 0.6 is 0 Å². The summed E-state index contributed by atoms with van der Waals surface area (Å²) in [6, 6.07) is 22.5. The molecule has 0 saturated carbocycles. The number of carbonyl (C=O) groups is 2. The van der Waals surface area contributed by atoms with Gasteiger partial charge in [-0.1, -0.05) is 18.2 Å². The van der Waals surface area contributed by atoms with Gasteiger partial charge < -0.3 is 20.2 Å². The number of benzene rings is 3. The average molecular weight is 413 g/mol. The lowest BCUT2D eigenvalue weighted by molar-refractivity contribution is 0.0997. The van der Waals surface area contributed by atoms with Gasteiger partial charge in [-0.15, -0.1) is 0 Å². The van der Waals surface area contributed by atoms with Crippen molar-refractivity contribution < 1.29 is 18.7 Å². The quantitative estimate of drug-likeness (QED) is 0.515. The summed E-state index contributed by atoms with van der Waals surface area (Å²) in [7, 11) is 1.58. The number of primary amides is 1. The van der Waals surface area contributed by atoms with Crippen LogP contribution in [0.25, 0.3) is 11.0 Å². The fourth-order valence-electron chi connectivity index (χ4n) is 3.01. The monoisotopic (exact) mass is 413 g/mol. The van der Waals surface area contributed by atoms with Gasteiger partial charge in [0.25, 0.3) is 5.91 Å². The van der Waals surface area contributed by atoms with Gasteiger partial charge in [0.15, 0.2) is 0 Å². The minimum absolute atomic E-state index is 0.150. The van der Waals surface area contributed by atoms with Crippen molar-refractivity contribution in [1.82, 2.24) is 0 Å². The number of hydrogen-bond donors (Lipinski definition) is 2. The Morgan fingerprint density at radius 2 is 1.68 bits per heavy atom. The number of rotatable bonds is 5. The maximum absolute atomic E-state index is 13.0. The van der Waals surface area contributed by atoms with Crippen molar-refractivity contribution in [3.8, 4) is 5.75 Å². The molecular formula is C24H19N3O4. The molecule has 1 heterocycles. The van der Waals surface area contributed by atoms with Crippen molar-refractivity contribution in [1.29, 1.82) is 0 Å². The lowest BCUT2D eigenvalue weighted by Gasteiger charge is -2.08. The van der Waals surface area contributed by atoms with E-state index in [1.807, 2.05) is 18.2 Å². The zero-order valence-corrected chi connectivity index (χ0v) is 16.7. The van der Waals surface area contributed by atoms with Crippen molar-refractivity contribution >= 4 is 34.2 Å². The van der Waals surface area contributed by atoms with Crippen LogP contribution in [0.1, 0.15) is 20.7 Å². The Hall–Kier alpha value is -4.39. The summed E-state index contributed by atoms with van der Waals surface area (Å²) in [5, 5.41) is 3.62. The molecule has 3 aromatic carbocycles. The molecule has 0 aliphatic rings. The molecule has 154 valence electrons. The molecule has 0 saturated heterocycles. The van der Waals surface area contributed by atoms with E-state index in [-0.39, 0.29) is 17.0 Å². The zero-order chi connectivity index (χ0) is 21.8. The molecule has 3 N–H and O–H groups in total. The first-order chi connectivity index (χ1) is 15.0. The standard InChI is InChI=1S/C24H19N3O4/c1-30-19-12-10-17(11-13-19)26-23(29)20-14-16-4-2-3-5-21(16)31-24(20)27-18-8-6-15(7-9-18)22(25)28/h2-14H,1H3,(H2,25,28)(H,26,29). The molecule has 0 spiro atoms. The Labute approximate surface area is 177 Å². The molecule has 0 atom stereocenters. The molecular weight excluding hydrogens is 394 g/mol. The number of methoxy groups -OCH3 is 1. The number of hydrogen-bond acceptors (Lipinski definition) is 5. The number of ether oxygens (including phenoxy) is 1.